The average molecular weight is 264 g/mol. The molecule has 106 valence electrons. The van der Waals surface area contributed by atoms with E-state index in [0.29, 0.717) is 18.0 Å². The second-order valence-electron chi connectivity index (χ2n) is 5.87. The van der Waals surface area contributed by atoms with Crippen molar-refractivity contribution in [3.8, 4) is 0 Å². The van der Waals surface area contributed by atoms with Crippen LogP contribution in [0, 0.1) is 11.7 Å². The predicted molar refractivity (Wildman–Crippen MR) is 77.5 cm³/mol. The molecule has 1 fully saturated rings. The van der Waals surface area contributed by atoms with E-state index in [9.17, 15) is 4.39 Å². The molecule has 3 atom stereocenters. The Labute approximate surface area is 115 Å². The number of nitrogens with zero attached hydrogens (tertiary/aromatic N) is 1. The molecule has 2 N–H and O–H groups in total. The summed E-state index contributed by atoms with van der Waals surface area (Å²) in [4.78, 5) is 2.49. The first-order valence-corrected chi connectivity index (χ1v) is 7.31. The molecule has 2 nitrogen and oxygen atoms in total. The van der Waals surface area contributed by atoms with Gasteiger partial charge in [-0.25, -0.2) is 4.39 Å². The van der Waals surface area contributed by atoms with Gasteiger partial charge >= 0.3 is 0 Å². The topological polar surface area (TPSA) is 29.3 Å². The van der Waals surface area contributed by atoms with Gasteiger partial charge < -0.3 is 5.73 Å². The molecule has 0 radical (unpaired) electrons. The first-order chi connectivity index (χ1) is 9.11. The number of halogens is 1. The molecule has 0 bridgehead atoms. The molecule has 1 aliphatic rings. The molecular formula is C16H25FN2. The smallest absolute Gasteiger partial charge is 0.126 e. The minimum atomic E-state index is -0.0885. The number of benzene rings is 1. The van der Waals surface area contributed by atoms with E-state index in [2.05, 4.69) is 18.7 Å². The molecule has 0 amide bonds. The summed E-state index contributed by atoms with van der Waals surface area (Å²) in [5, 5.41) is 0. The van der Waals surface area contributed by atoms with Crippen molar-refractivity contribution in [3.63, 3.8) is 0 Å². The molecule has 0 saturated carbocycles. The first-order valence-electron chi connectivity index (χ1n) is 7.31. The van der Waals surface area contributed by atoms with Crippen LogP contribution in [0.1, 0.15) is 32.3 Å². The first kappa shape index (κ1) is 14.5. The molecular weight excluding hydrogens is 239 g/mol. The summed E-state index contributed by atoms with van der Waals surface area (Å²) in [5.74, 6) is 0.508. The van der Waals surface area contributed by atoms with Crippen LogP contribution < -0.4 is 5.73 Å². The highest BCUT2D eigenvalue weighted by molar-refractivity contribution is 5.18. The summed E-state index contributed by atoms with van der Waals surface area (Å²) < 4.78 is 13.7. The minimum absolute atomic E-state index is 0.0885. The number of hydrogen-bond acceptors (Lipinski definition) is 2. The van der Waals surface area contributed by atoms with E-state index in [0.717, 1.165) is 25.1 Å². The summed E-state index contributed by atoms with van der Waals surface area (Å²) in [7, 11) is 0. The number of likely N-dealkylation sites (tertiary alicyclic amines) is 1. The molecule has 3 heteroatoms. The standard InChI is InChI=1S/C16H25FN2/c1-12-7-8-14(10-18)11-19(12)13(2)9-15-5-3-4-6-16(15)17/h3-6,12-14H,7-11,18H2,1-2H3. The maximum atomic E-state index is 13.7. The number of piperidine rings is 1. The van der Waals surface area contributed by atoms with Crippen molar-refractivity contribution in [2.75, 3.05) is 13.1 Å². The van der Waals surface area contributed by atoms with Crippen LogP contribution in [0.15, 0.2) is 24.3 Å². The lowest BCUT2D eigenvalue weighted by molar-refractivity contribution is 0.0810. The Morgan fingerprint density at radius 1 is 1.37 bits per heavy atom. The van der Waals surface area contributed by atoms with Crippen molar-refractivity contribution < 1.29 is 4.39 Å². The fraction of sp³-hybridized carbons (Fsp3) is 0.625. The highest BCUT2D eigenvalue weighted by Crippen LogP contribution is 2.25. The normalized spacial score (nSPS) is 26.3. The Morgan fingerprint density at radius 3 is 2.79 bits per heavy atom. The summed E-state index contributed by atoms with van der Waals surface area (Å²) in [6.07, 6.45) is 3.19. The average Bonchev–Trinajstić information content (AvgIpc) is 2.42. The second-order valence-corrected chi connectivity index (χ2v) is 5.87. The van der Waals surface area contributed by atoms with Gasteiger partial charge in [0.1, 0.15) is 5.82 Å². The SMILES string of the molecule is CC1CCC(CN)CN1C(C)Cc1ccccc1F. The van der Waals surface area contributed by atoms with Crippen LogP contribution >= 0.6 is 0 Å². The molecule has 3 unspecified atom stereocenters. The van der Waals surface area contributed by atoms with E-state index in [1.54, 1.807) is 12.1 Å². The van der Waals surface area contributed by atoms with Gasteiger partial charge in [0.25, 0.3) is 0 Å². The van der Waals surface area contributed by atoms with Crippen molar-refractivity contribution in [2.45, 2.75) is 45.2 Å². The Morgan fingerprint density at radius 2 is 2.11 bits per heavy atom. The van der Waals surface area contributed by atoms with E-state index < -0.39 is 0 Å². The molecule has 1 heterocycles. The van der Waals surface area contributed by atoms with Crippen molar-refractivity contribution in [1.82, 2.24) is 4.90 Å². The highest BCUT2D eigenvalue weighted by Gasteiger charge is 2.28. The van der Waals surface area contributed by atoms with E-state index >= 15 is 0 Å². The third-order valence-electron chi connectivity index (χ3n) is 4.40. The van der Waals surface area contributed by atoms with Crippen LogP contribution in [0.5, 0.6) is 0 Å². The summed E-state index contributed by atoms with van der Waals surface area (Å²) in [6, 6.07) is 8.03. The van der Waals surface area contributed by atoms with Crippen LogP contribution in [0.4, 0.5) is 4.39 Å². The van der Waals surface area contributed by atoms with Gasteiger partial charge in [0.2, 0.25) is 0 Å². The molecule has 2 rings (SSSR count). The number of nitrogens with two attached hydrogens (primary N) is 1. The third kappa shape index (κ3) is 3.54. The van der Waals surface area contributed by atoms with Gasteiger partial charge in [0, 0.05) is 18.6 Å². The Balaban J connectivity index is 2.02. The zero-order valence-corrected chi connectivity index (χ0v) is 12.0. The summed E-state index contributed by atoms with van der Waals surface area (Å²) in [6.45, 7) is 6.27. The number of rotatable bonds is 4. The number of hydrogen-bond donors (Lipinski definition) is 1. The highest BCUT2D eigenvalue weighted by atomic mass is 19.1. The van der Waals surface area contributed by atoms with Crippen LogP contribution in [-0.4, -0.2) is 30.1 Å². The zero-order chi connectivity index (χ0) is 13.8. The molecule has 1 aliphatic heterocycles. The zero-order valence-electron chi connectivity index (χ0n) is 12.0. The van der Waals surface area contributed by atoms with E-state index in [-0.39, 0.29) is 5.82 Å². The largest absolute Gasteiger partial charge is 0.330 e. The molecule has 1 aromatic carbocycles. The van der Waals surface area contributed by atoms with E-state index in [1.807, 2.05) is 12.1 Å². The van der Waals surface area contributed by atoms with E-state index in [4.69, 9.17) is 5.73 Å². The monoisotopic (exact) mass is 264 g/mol. The fourth-order valence-electron chi connectivity index (χ4n) is 3.12. The minimum Gasteiger partial charge on any atom is -0.330 e. The molecule has 1 saturated heterocycles. The van der Waals surface area contributed by atoms with Gasteiger partial charge in [-0.3, -0.25) is 4.90 Å². The van der Waals surface area contributed by atoms with Crippen molar-refractivity contribution in [2.24, 2.45) is 11.7 Å². The Bertz CT molecular complexity index is 407. The maximum Gasteiger partial charge on any atom is 0.126 e. The fourth-order valence-corrected chi connectivity index (χ4v) is 3.12. The molecule has 1 aromatic rings. The molecule has 19 heavy (non-hydrogen) atoms. The van der Waals surface area contributed by atoms with Crippen LogP contribution in [0.3, 0.4) is 0 Å². The molecule has 0 aliphatic carbocycles. The van der Waals surface area contributed by atoms with Crippen molar-refractivity contribution in [3.05, 3.63) is 35.6 Å². The lowest BCUT2D eigenvalue weighted by Crippen LogP contribution is -2.49. The van der Waals surface area contributed by atoms with Gasteiger partial charge in [0.15, 0.2) is 0 Å². The second kappa shape index (κ2) is 6.49. The van der Waals surface area contributed by atoms with Gasteiger partial charge in [0.05, 0.1) is 0 Å². The molecule has 0 spiro atoms. The van der Waals surface area contributed by atoms with Gasteiger partial charge in [-0.15, -0.1) is 0 Å². The predicted octanol–water partition coefficient (Wildman–Crippen LogP) is 2.82. The van der Waals surface area contributed by atoms with Crippen molar-refractivity contribution >= 4 is 0 Å². The quantitative estimate of drug-likeness (QED) is 0.906. The Kier molecular flexibility index (Phi) is 4.94. The van der Waals surface area contributed by atoms with Crippen LogP contribution in [-0.2, 0) is 6.42 Å². The Hall–Kier alpha value is -0.930. The third-order valence-corrected chi connectivity index (χ3v) is 4.40. The van der Waals surface area contributed by atoms with Crippen LogP contribution in [0.2, 0.25) is 0 Å². The van der Waals surface area contributed by atoms with Crippen molar-refractivity contribution in [1.29, 1.82) is 0 Å². The lowest BCUT2D eigenvalue weighted by atomic mass is 9.91. The lowest BCUT2D eigenvalue weighted by Gasteiger charge is -2.41. The van der Waals surface area contributed by atoms with Gasteiger partial charge in [-0.05, 0) is 57.2 Å². The van der Waals surface area contributed by atoms with E-state index in [1.165, 1.54) is 12.8 Å². The van der Waals surface area contributed by atoms with Gasteiger partial charge in [-0.2, -0.15) is 0 Å². The maximum absolute atomic E-state index is 13.7. The summed E-state index contributed by atoms with van der Waals surface area (Å²) >= 11 is 0. The van der Waals surface area contributed by atoms with Crippen LogP contribution in [0.25, 0.3) is 0 Å². The van der Waals surface area contributed by atoms with Gasteiger partial charge in [-0.1, -0.05) is 18.2 Å². The summed E-state index contributed by atoms with van der Waals surface area (Å²) in [5.41, 5.74) is 6.62. The molecule has 0 aromatic heterocycles.